The number of nitrogens with one attached hydrogen (secondary N) is 2. The van der Waals surface area contributed by atoms with Crippen LogP contribution in [0.2, 0.25) is 0 Å². The standard InChI is InChI=1S/C16H26N2/c1-2-7-15(8-3-1)9-4-5-12-17-13-6-14-18-16-10-11-16/h1-3,7-8,16-18H,4-6,9-14H2. The van der Waals surface area contributed by atoms with Gasteiger partial charge in [-0.1, -0.05) is 30.3 Å². The van der Waals surface area contributed by atoms with Gasteiger partial charge in [-0.15, -0.1) is 0 Å². The SMILES string of the molecule is c1ccc(CCCCNCCCNC2CC2)cc1. The number of benzene rings is 1. The van der Waals surface area contributed by atoms with E-state index < -0.39 is 0 Å². The highest BCUT2D eigenvalue weighted by molar-refractivity contribution is 5.14. The van der Waals surface area contributed by atoms with Crippen molar-refractivity contribution in [3.8, 4) is 0 Å². The van der Waals surface area contributed by atoms with E-state index in [1.54, 1.807) is 0 Å². The van der Waals surface area contributed by atoms with Gasteiger partial charge in [-0.25, -0.2) is 0 Å². The largest absolute Gasteiger partial charge is 0.317 e. The summed E-state index contributed by atoms with van der Waals surface area (Å²) in [6.45, 7) is 3.50. The Hall–Kier alpha value is -0.860. The average Bonchev–Trinajstić information content (AvgIpc) is 3.22. The molecule has 1 aromatic carbocycles. The average molecular weight is 246 g/mol. The molecule has 2 rings (SSSR count). The Morgan fingerprint density at radius 3 is 2.44 bits per heavy atom. The molecular formula is C16H26N2. The molecule has 1 aliphatic carbocycles. The van der Waals surface area contributed by atoms with Crippen LogP contribution >= 0.6 is 0 Å². The number of rotatable bonds is 10. The van der Waals surface area contributed by atoms with Crippen LogP contribution in [0.5, 0.6) is 0 Å². The van der Waals surface area contributed by atoms with Crippen molar-refractivity contribution in [3.05, 3.63) is 35.9 Å². The molecule has 2 heteroatoms. The summed E-state index contributed by atoms with van der Waals surface area (Å²) in [6, 6.07) is 11.6. The van der Waals surface area contributed by atoms with E-state index in [1.165, 1.54) is 50.6 Å². The molecule has 1 saturated carbocycles. The van der Waals surface area contributed by atoms with Gasteiger partial charge in [0.2, 0.25) is 0 Å². The second-order valence-electron chi connectivity index (χ2n) is 5.27. The second kappa shape index (κ2) is 8.28. The maximum Gasteiger partial charge on any atom is 0.00682 e. The van der Waals surface area contributed by atoms with Crippen molar-refractivity contribution in [2.45, 2.75) is 44.6 Å². The normalized spacial score (nSPS) is 14.9. The topological polar surface area (TPSA) is 24.1 Å². The van der Waals surface area contributed by atoms with E-state index in [9.17, 15) is 0 Å². The van der Waals surface area contributed by atoms with Gasteiger partial charge in [-0.3, -0.25) is 0 Å². The lowest BCUT2D eigenvalue weighted by molar-refractivity contribution is 0.573. The maximum atomic E-state index is 3.54. The van der Waals surface area contributed by atoms with E-state index in [2.05, 4.69) is 41.0 Å². The second-order valence-corrected chi connectivity index (χ2v) is 5.27. The minimum atomic E-state index is 0.857. The molecule has 0 atom stereocenters. The number of hydrogen-bond donors (Lipinski definition) is 2. The molecule has 0 radical (unpaired) electrons. The Morgan fingerprint density at radius 2 is 1.67 bits per heavy atom. The summed E-state index contributed by atoms with van der Waals surface area (Å²) in [5.41, 5.74) is 1.46. The van der Waals surface area contributed by atoms with Crippen LogP contribution in [0.1, 0.15) is 37.7 Å². The fourth-order valence-corrected chi connectivity index (χ4v) is 2.16. The number of hydrogen-bond acceptors (Lipinski definition) is 2. The Balaban J connectivity index is 1.35. The van der Waals surface area contributed by atoms with E-state index in [1.807, 2.05) is 0 Å². The molecule has 1 aromatic rings. The van der Waals surface area contributed by atoms with Crippen molar-refractivity contribution >= 4 is 0 Å². The van der Waals surface area contributed by atoms with Crippen LogP contribution in [0.4, 0.5) is 0 Å². The van der Waals surface area contributed by atoms with Gasteiger partial charge in [0.1, 0.15) is 0 Å². The van der Waals surface area contributed by atoms with Crippen LogP contribution in [-0.2, 0) is 6.42 Å². The first-order valence-corrected chi connectivity index (χ1v) is 7.43. The molecule has 0 unspecified atom stereocenters. The van der Waals surface area contributed by atoms with Crippen LogP contribution in [0.15, 0.2) is 30.3 Å². The molecule has 0 aliphatic heterocycles. The van der Waals surface area contributed by atoms with Crippen LogP contribution in [-0.4, -0.2) is 25.7 Å². The summed E-state index contributed by atoms with van der Waals surface area (Å²) in [6.07, 6.45) is 7.84. The molecule has 0 aromatic heterocycles. The molecule has 0 bridgehead atoms. The van der Waals surface area contributed by atoms with Gasteiger partial charge in [0.25, 0.3) is 0 Å². The Kier molecular flexibility index (Phi) is 6.24. The monoisotopic (exact) mass is 246 g/mol. The van der Waals surface area contributed by atoms with Crippen LogP contribution in [0.3, 0.4) is 0 Å². The summed E-state index contributed by atoms with van der Waals surface area (Å²) in [4.78, 5) is 0. The fourth-order valence-electron chi connectivity index (χ4n) is 2.16. The lowest BCUT2D eigenvalue weighted by Gasteiger charge is -2.05. The third kappa shape index (κ3) is 6.18. The van der Waals surface area contributed by atoms with E-state index in [0.717, 1.165) is 19.1 Å². The van der Waals surface area contributed by atoms with Gasteiger partial charge < -0.3 is 10.6 Å². The molecule has 0 spiro atoms. The molecule has 0 heterocycles. The smallest absolute Gasteiger partial charge is 0.00682 e. The maximum absolute atomic E-state index is 3.54. The highest BCUT2D eigenvalue weighted by atomic mass is 14.9. The fraction of sp³-hybridized carbons (Fsp3) is 0.625. The van der Waals surface area contributed by atoms with Crippen LogP contribution < -0.4 is 10.6 Å². The van der Waals surface area contributed by atoms with E-state index >= 15 is 0 Å². The highest BCUT2D eigenvalue weighted by Gasteiger charge is 2.19. The molecule has 0 saturated heterocycles. The van der Waals surface area contributed by atoms with E-state index in [-0.39, 0.29) is 0 Å². The molecule has 100 valence electrons. The Morgan fingerprint density at radius 1 is 0.889 bits per heavy atom. The predicted molar refractivity (Wildman–Crippen MR) is 77.9 cm³/mol. The molecular weight excluding hydrogens is 220 g/mol. The number of aryl methyl sites for hydroxylation is 1. The number of unbranched alkanes of at least 4 members (excludes halogenated alkanes) is 1. The van der Waals surface area contributed by atoms with Gasteiger partial charge in [-0.05, 0) is 63.7 Å². The van der Waals surface area contributed by atoms with Gasteiger partial charge in [-0.2, -0.15) is 0 Å². The molecule has 2 nitrogen and oxygen atoms in total. The van der Waals surface area contributed by atoms with Crippen molar-refractivity contribution in [3.63, 3.8) is 0 Å². The van der Waals surface area contributed by atoms with Crippen LogP contribution in [0.25, 0.3) is 0 Å². The molecule has 18 heavy (non-hydrogen) atoms. The quantitative estimate of drug-likeness (QED) is 0.620. The summed E-state index contributed by atoms with van der Waals surface area (Å²) in [5.74, 6) is 0. The van der Waals surface area contributed by atoms with Crippen LogP contribution in [0, 0.1) is 0 Å². The summed E-state index contributed by atoms with van der Waals surface area (Å²) >= 11 is 0. The first kappa shape index (κ1) is 13.6. The summed E-state index contributed by atoms with van der Waals surface area (Å²) in [5, 5.41) is 7.07. The molecule has 1 aliphatic rings. The van der Waals surface area contributed by atoms with Gasteiger partial charge >= 0.3 is 0 Å². The first-order valence-electron chi connectivity index (χ1n) is 7.43. The molecule has 2 N–H and O–H groups in total. The van der Waals surface area contributed by atoms with E-state index in [0.29, 0.717) is 0 Å². The van der Waals surface area contributed by atoms with Gasteiger partial charge in [0, 0.05) is 6.04 Å². The van der Waals surface area contributed by atoms with Gasteiger partial charge in [0.15, 0.2) is 0 Å². The minimum Gasteiger partial charge on any atom is -0.317 e. The zero-order valence-corrected chi connectivity index (χ0v) is 11.3. The van der Waals surface area contributed by atoms with Gasteiger partial charge in [0.05, 0.1) is 0 Å². The lowest BCUT2D eigenvalue weighted by Crippen LogP contribution is -2.23. The minimum absolute atomic E-state index is 0.857. The summed E-state index contributed by atoms with van der Waals surface area (Å²) < 4.78 is 0. The van der Waals surface area contributed by atoms with Crippen molar-refractivity contribution in [1.82, 2.24) is 10.6 Å². The molecule has 0 amide bonds. The zero-order valence-electron chi connectivity index (χ0n) is 11.3. The van der Waals surface area contributed by atoms with E-state index in [4.69, 9.17) is 0 Å². The summed E-state index contributed by atoms with van der Waals surface area (Å²) in [7, 11) is 0. The van der Waals surface area contributed by atoms with Crippen molar-refractivity contribution in [1.29, 1.82) is 0 Å². The third-order valence-electron chi connectivity index (χ3n) is 3.45. The lowest BCUT2D eigenvalue weighted by atomic mass is 10.1. The first-order chi connectivity index (χ1) is 8.95. The zero-order chi connectivity index (χ0) is 12.5. The molecule has 1 fully saturated rings. The van der Waals surface area contributed by atoms with Crippen molar-refractivity contribution < 1.29 is 0 Å². The van der Waals surface area contributed by atoms with Crippen molar-refractivity contribution in [2.75, 3.05) is 19.6 Å². The Labute approximate surface area is 111 Å². The third-order valence-corrected chi connectivity index (χ3v) is 3.45. The van der Waals surface area contributed by atoms with Crippen molar-refractivity contribution in [2.24, 2.45) is 0 Å². The highest BCUT2D eigenvalue weighted by Crippen LogP contribution is 2.18. The Bertz CT molecular complexity index is 306. The predicted octanol–water partition coefficient (Wildman–Crippen LogP) is 2.74.